The van der Waals surface area contributed by atoms with Crippen molar-refractivity contribution < 1.29 is 0 Å². The Morgan fingerprint density at radius 3 is 2.88 bits per heavy atom. The summed E-state index contributed by atoms with van der Waals surface area (Å²) in [4.78, 5) is 4.64. The number of likely N-dealkylation sites (N-methyl/N-ethyl adjacent to an activating group) is 1. The van der Waals surface area contributed by atoms with Crippen molar-refractivity contribution in [3.63, 3.8) is 0 Å². The van der Waals surface area contributed by atoms with Crippen LogP contribution in [0.4, 0.5) is 0 Å². The van der Waals surface area contributed by atoms with Gasteiger partial charge < -0.3 is 9.88 Å². The van der Waals surface area contributed by atoms with Gasteiger partial charge >= 0.3 is 0 Å². The lowest BCUT2D eigenvalue weighted by Gasteiger charge is -2.01. The largest absolute Gasteiger partial charge is 0.331 e. The summed E-state index contributed by atoms with van der Waals surface area (Å²) in [6, 6.07) is 6.57. The fraction of sp³-hybridized carbons (Fsp3) is 0.462. The molecule has 0 amide bonds. The molecule has 1 N–H and O–H groups in total. The van der Waals surface area contributed by atoms with Crippen molar-refractivity contribution in [1.82, 2.24) is 14.9 Å². The second kappa shape index (κ2) is 4.66. The molecule has 0 aliphatic heterocycles. The van der Waals surface area contributed by atoms with Crippen LogP contribution in [0.1, 0.15) is 18.3 Å². The second-order valence-corrected chi connectivity index (χ2v) is 4.12. The molecule has 3 nitrogen and oxygen atoms in total. The van der Waals surface area contributed by atoms with Crippen LogP contribution in [0.2, 0.25) is 0 Å². The van der Waals surface area contributed by atoms with Crippen molar-refractivity contribution >= 4 is 11.0 Å². The number of fused-ring (bicyclic) bond motifs is 1. The molecule has 3 heteroatoms. The van der Waals surface area contributed by atoms with E-state index in [9.17, 15) is 0 Å². The van der Waals surface area contributed by atoms with E-state index in [-0.39, 0.29) is 0 Å². The van der Waals surface area contributed by atoms with Gasteiger partial charge in [0.15, 0.2) is 0 Å². The number of imidazole rings is 1. The number of hydrogen-bond donors (Lipinski definition) is 1. The number of aromatic nitrogens is 2. The summed E-state index contributed by atoms with van der Waals surface area (Å²) < 4.78 is 2.18. The molecular formula is C13H19N3. The molecule has 16 heavy (non-hydrogen) atoms. The van der Waals surface area contributed by atoms with E-state index in [4.69, 9.17) is 0 Å². The Morgan fingerprint density at radius 2 is 2.19 bits per heavy atom. The van der Waals surface area contributed by atoms with Crippen molar-refractivity contribution in [2.45, 2.75) is 19.8 Å². The third-order valence-corrected chi connectivity index (χ3v) is 3.02. The highest BCUT2D eigenvalue weighted by atomic mass is 15.1. The molecule has 0 saturated carbocycles. The normalized spacial score (nSPS) is 11.2. The number of nitrogens with zero attached hydrogens (tertiary/aromatic N) is 2. The summed E-state index contributed by atoms with van der Waals surface area (Å²) in [6.45, 7) is 3.15. The van der Waals surface area contributed by atoms with E-state index in [2.05, 4.69) is 47.0 Å². The highest BCUT2D eigenvalue weighted by Crippen LogP contribution is 2.17. The molecule has 0 atom stereocenters. The average molecular weight is 217 g/mol. The van der Waals surface area contributed by atoms with Gasteiger partial charge in [0.2, 0.25) is 0 Å². The summed E-state index contributed by atoms with van der Waals surface area (Å²) in [6.07, 6.45) is 2.04. The third kappa shape index (κ3) is 1.95. The summed E-state index contributed by atoms with van der Waals surface area (Å²) in [5, 5.41) is 3.17. The first-order chi connectivity index (χ1) is 7.76. The predicted molar refractivity (Wildman–Crippen MR) is 67.7 cm³/mol. The number of rotatable bonds is 4. The first kappa shape index (κ1) is 11.1. The first-order valence-corrected chi connectivity index (χ1v) is 5.85. The molecule has 0 spiro atoms. The minimum Gasteiger partial charge on any atom is -0.331 e. The second-order valence-electron chi connectivity index (χ2n) is 4.12. The SMILES string of the molecule is CCc1nc2cc(CCNC)ccc2n1C. The fourth-order valence-electron chi connectivity index (χ4n) is 2.04. The van der Waals surface area contributed by atoms with E-state index in [1.165, 1.54) is 11.1 Å². The molecule has 0 radical (unpaired) electrons. The molecule has 0 bridgehead atoms. The molecule has 0 aliphatic carbocycles. The minimum absolute atomic E-state index is 0.983. The number of aryl methyl sites for hydroxylation is 2. The minimum atomic E-state index is 0.983. The number of nitrogens with one attached hydrogen (secondary N) is 1. The van der Waals surface area contributed by atoms with Gasteiger partial charge in [-0.1, -0.05) is 13.0 Å². The highest BCUT2D eigenvalue weighted by Gasteiger charge is 2.06. The van der Waals surface area contributed by atoms with Crippen LogP contribution in [0.3, 0.4) is 0 Å². The Hall–Kier alpha value is -1.35. The van der Waals surface area contributed by atoms with Crippen LogP contribution in [-0.4, -0.2) is 23.1 Å². The van der Waals surface area contributed by atoms with Gasteiger partial charge in [0.25, 0.3) is 0 Å². The topological polar surface area (TPSA) is 29.9 Å². The van der Waals surface area contributed by atoms with E-state index in [0.717, 1.165) is 30.7 Å². The maximum absolute atomic E-state index is 4.64. The van der Waals surface area contributed by atoms with Crippen molar-refractivity contribution in [2.24, 2.45) is 7.05 Å². The fourth-order valence-corrected chi connectivity index (χ4v) is 2.04. The van der Waals surface area contributed by atoms with Crippen molar-refractivity contribution in [1.29, 1.82) is 0 Å². The highest BCUT2D eigenvalue weighted by molar-refractivity contribution is 5.76. The zero-order valence-electron chi connectivity index (χ0n) is 10.2. The molecule has 1 aromatic carbocycles. The lowest BCUT2D eigenvalue weighted by Crippen LogP contribution is -2.10. The first-order valence-electron chi connectivity index (χ1n) is 5.85. The Morgan fingerprint density at radius 1 is 1.38 bits per heavy atom. The van der Waals surface area contributed by atoms with Gasteiger partial charge in [0.1, 0.15) is 5.82 Å². The van der Waals surface area contributed by atoms with Crippen LogP contribution in [0.25, 0.3) is 11.0 Å². The molecule has 0 unspecified atom stereocenters. The molecule has 86 valence electrons. The number of benzene rings is 1. The standard InChI is InChI=1S/C13H19N3/c1-4-13-15-11-9-10(7-8-14-2)5-6-12(11)16(13)3/h5-6,9,14H,4,7-8H2,1-3H3. The van der Waals surface area contributed by atoms with Crippen LogP contribution in [-0.2, 0) is 19.9 Å². The van der Waals surface area contributed by atoms with E-state index in [1.54, 1.807) is 0 Å². The van der Waals surface area contributed by atoms with Gasteiger partial charge in [-0.2, -0.15) is 0 Å². The van der Waals surface area contributed by atoms with Gasteiger partial charge in [-0.25, -0.2) is 4.98 Å². The van der Waals surface area contributed by atoms with E-state index < -0.39 is 0 Å². The molecule has 1 heterocycles. The van der Waals surface area contributed by atoms with E-state index >= 15 is 0 Å². The van der Waals surface area contributed by atoms with Crippen molar-refractivity contribution in [3.8, 4) is 0 Å². The summed E-state index contributed by atoms with van der Waals surface area (Å²) in [5.74, 6) is 1.15. The Bertz CT molecular complexity index is 485. The van der Waals surface area contributed by atoms with Crippen LogP contribution in [0.15, 0.2) is 18.2 Å². The molecule has 2 aromatic rings. The lowest BCUT2D eigenvalue weighted by atomic mass is 10.1. The summed E-state index contributed by atoms with van der Waals surface area (Å²) in [7, 11) is 4.07. The van der Waals surface area contributed by atoms with E-state index in [1.807, 2.05) is 7.05 Å². The van der Waals surface area contributed by atoms with Crippen molar-refractivity contribution in [2.75, 3.05) is 13.6 Å². The molecule has 2 rings (SSSR count). The monoisotopic (exact) mass is 217 g/mol. The summed E-state index contributed by atoms with van der Waals surface area (Å²) >= 11 is 0. The van der Waals surface area contributed by atoms with Crippen LogP contribution >= 0.6 is 0 Å². The lowest BCUT2D eigenvalue weighted by molar-refractivity contribution is 0.792. The number of hydrogen-bond acceptors (Lipinski definition) is 2. The van der Waals surface area contributed by atoms with Gasteiger partial charge in [-0.05, 0) is 37.7 Å². The van der Waals surface area contributed by atoms with Gasteiger partial charge in [-0.3, -0.25) is 0 Å². The van der Waals surface area contributed by atoms with Crippen molar-refractivity contribution in [3.05, 3.63) is 29.6 Å². The Labute approximate surface area is 96.5 Å². The maximum atomic E-state index is 4.64. The van der Waals surface area contributed by atoms with Gasteiger partial charge in [0.05, 0.1) is 11.0 Å². The van der Waals surface area contributed by atoms with Crippen LogP contribution in [0, 0.1) is 0 Å². The zero-order valence-corrected chi connectivity index (χ0v) is 10.2. The molecule has 1 aromatic heterocycles. The molecule has 0 saturated heterocycles. The maximum Gasteiger partial charge on any atom is 0.109 e. The van der Waals surface area contributed by atoms with Crippen LogP contribution < -0.4 is 5.32 Å². The Kier molecular flexibility index (Phi) is 3.25. The quantitative estimate of drug-likeness (QED) is 0.847. The molecule has 0 fully saturated rings. The van der Waals surface area contributed by atoms with E-state index in [0.29, 0.717) is 0 Å². The Balaban J connectivity index is 2.38. The van der Waals surface area contributed by atoms with Gasteiger partial charge in [0, 0.05) is 13.5 Å². The predicted octanol–water partition coefficient (Wildman–Crippen LogP) is 1.90. The molecule has 0 aliphatic rings. The zero-order chi connectivity index (χ0) is 11.5. The molecular weight excluding hydrogens is 198 g/mol. The van der Waals surface area contributed by atoms with Crippen LogP contribution in [0.5, 0.6) is 0 Å². The summed E-state index contributed by atoms with van der Waals surface area (Å²) in [5.41, 5.74) is 3.70. The average Bonchev–Trinajstić information content (AvgIpc) is 2.63. The smallest absolute Gasteiger partial charge is 0.109 e. The van der Waals surface area contributed by atoms with Gasteiger partial charge in [-0.15, -0.1) is 0 Å². The third-order valence-electron chi connectivity index (χ3n) is 3.02.